The molecule has 0 spiro atoms. The summed E-state index contributed by atoms with van der Waals surface area (Å²) in [6, 6.07) is 8.60. The summed E-state index contributed by atoms with van der Waals surface area (Å²) >= 11 is 1.82. The van der Waals surface area contributed by atoms with Crippen LogP contribution in [0.2, 0.25) is 0 Å². The molecule has 2 N–H and O–H groups in total. The maximum atomic E-state index is 5.51. The van der Waals surface area contributed by atoms with E-state index in [1.807, 2.05) is 30.9 Å². The number of ether oxygens (including phenoxy) is 2. The Morgan fingerprint density at radius 1 is 1.28 bits per heavy atom. The van der Waals surface area contributed by atoms with Crippen LogP contribution in [0, 0.1) is 0 Å². The Bertz CT molecular complexity index is 518. The molecule has 1 saturated heterocycles. The predicted octanol–water partition coefficient (Wildman–Crippen LogP) is 1.60. The van der Waals surface area contributed by atoms with E-state index in [9.17, 15) is 0 Å². The summed E-state index contributed by atoms with van der Waals surface area (Å²) in [7, 11) is 3.51. The topological polar surface area (TPSA) is 58.1 Å². The molecule has 140 valence electrons. The average molecular weight is 367 g/mol. The van der Waals surface area contributed by atoms with Gasteiger partial charge in [-0.25, -0.2) is 0 Å². The molecule has 0 saturated carbocycles. The molecule has 0 aromatic heterocycles. The van der Waals surface area contributed by atoms with Crippen LogP contribution in [0.25, 0.3) is 0 Å². The number of aliphatic imine (C=N–C) groups is 1. The number of nitrogens with zero attached hydrogens (tertiary/aromatic N) is 2. The third-order valence-corrected chi connectivity index (χ3v) is 4.88. The number of hydrogen-bond acceptors (Lipinski definition) is 5. The van der Waals surface area contributed by atoms with Gasteiger partial charge in [-0.3, -0.25) is 9.89 Å². The highest BCUT2D eigenvalue weighted by atomic mass is 32.2. The maximum absolute atomic E-state index is 5.51. The number of guanidine groups is 1. The molecule has 7 heteroatoms. The number of rotatable bonds is 8. The van der Waals surface area contributed by atoms with Crippen LogP contribution in [-0.2, 0) is 4.74 Å². The lowest BCUT2D eigenvalue weighted by Gasteiger charge is -2.35. The highest BCUT2D eigenvalue weighted by Crippen LogP contribution is 2.23. The van der Waals surface area contributed by atoms with Gasteiger partial charge in [0.2, 0.25) is 0 Å². The zero-order valence-corrected chi connectivity index (χ0v) is 16.3. The van der Waals surface area contributed by atoms with Crippen LogP contribution in [0.5, 0.6) is 5.75 Å². The fourth-order valence-corrected chi connectivity index (χ4v) is 3.16. The zero-order valence-electron chi connectivity index (χ0n) is 15.5. The van der Waals surface area contributed by atoms with Gasteiger partial charge >= 0.3 is 0 Å². The SMILES string of the molecule is CN=C(NCCSC)NCC(c1ccc(OC)cc1)N1CCOCC1. The average Bonchev–Trinajstić information content (AvgIpc) is 2.68. The number of benzene rings is 1. The smallest absolute Gasteiger partial charge is 0.191 e. The van der Waals surface area contributed by atoms with Crippen LogP contribution in [0.1, 0.15) is 11.6 Å². The molecule has 25 heavy (non-hydrogen) atoms. The molecular formula is C18H30N4O2S. The van der Waals surface area contributed by atoms with E-state index in [-0.39, 0.29) is 6.04 Å². The van der Waals surface area contributed by atoms with Gasteiger partial charge in [-0.15, -0.1) is 0 Å². The van der Waals surface area contributed by atoms with Crippen LogP contribution >= 0.6 is 11.8 Å². The summed E-state index contributed by atoms with van der Waals surface area (Å²) in [5.74, 6) is 2.79. The standard InChI is InChI=1S/C18H30N4O2S/c1-19-18(20-8-13-25-3)21-14-17(22-9-11-24-12-10-22)15-4-6-16(23-2)7-5-15/h4-7,17H,8-14H2,1-3H3,(H2,19,20,21). The number of thioether (sulfide) groups is 1. The second kappa shape index (κ2) is 11.2. The highest BCUT2D eigenvalue weighted by Gasteiger charge is 2.23. The molecule has 1 aliphatic heterocycles. The largest absolute Gasteiger partial charge is 0.497 e. The van der Waals surface area contributed by atoms with E-state index < -0.39 is 0 Å². The third kappa shape index (κ3) is 6.41. The van der Waals surface area contributed by atoms with E-state index in [0.717, 1.165) is 56.9 Å². The minimum atomic E-state index is 0.272. The molecule has 1 aliphatic rings. The van der Waals surface area contributed by atoms with Gasteiger partial charge < -0.3 is 20.1 Å². The Hall–Kier alpha value is -1.44. The molecule has 2 rings (SSSR count). The van der Waals surface area contributed by atoms with Gasteiger partial charge in [0.1, 0.15) is 5.75 Å². The zero-order chi connectivity index (χ0) is 17.9. The second-order valence-electron chi connectivity index (χ2n) is 5.81. The second-order valence-corrected chi connectivity index (χ2v) is 6.80. The molecule has 1 unspecified atom stereocenters. The van der Waals surface area contributed by atoms with Crippen molar-refractivity contribution in [2.24, 2.45) is 4.99 Å². The molecular weight excluding hydrogens is 336 g/mol. The first-order chi connectivity index (χ1) is 12.3. The molecule has 1 fully saturated rings. The molecule has 1 aromatic carbocycles. The van der Waals surface area contributed by atoms with Crippen LogP contribution in [0.3, 0.4) is 0 Å². The monoisotopic (exact) mass is 366 g/mol. The minimum Gasteiger partial charge on any atom is -0.497 e. The van der Waals surface area contributed by atoms with Crippen molar-refractivity contribution in [3.05, 3.63) is 29.8 Å². The van der Waals surface area contributed by atoms with Crippen molar-refractivity contribution in [1.82, 2.24) is 15.5 Å². The lowest BCUT2D eigenvalue weighted by molar-refractivity contribution is 0.0170. The quantitative estimate of drug-likeness (QED) is 0.414. The summed E-state index contributed by atoms with van der Waals surface area (Å²) < 4.78 is 10.8. The molecule has 6 nitrogen and oxygen atoms in total. The lowest BCUT2D eigenvalue weighted by Crippen LogP contribution is -2.46. The van der Waals surface area contributed by atoms with E-state index in [1.165, 1.54) is 5.56 Å². The Morgan fingerprint density at radius 3 is 2.60 bits per heavy atom. The van der Waals surface area contributed by atoms with Crippen molar-refractivity contribution in [1.29, 1.82) is 0 Å². The van der Waals surface area contributed by atoms with Crippen molar-refractivity contribution in [3.8, 4) is 5.75 Å². The molecule has 0 bridgehead atoms. The van der Waals surface area contributed by atoms with Crippen molar-refractivity contribution in [3.63, 3.8) is 0 Å². The van der Waals surface area contributed by atoms with Gasteiger partial charge in [-0.2, -0.15) is 11.8 Å². The Morgan fingerprint density at radius 2 is 2.00 bits per heavy atom. The van der Waals surface area contributed by atoms with E-state index in [0.29, 0.717) is 0 Å². The van der Waals surface area contributed by atoms with Crippen LogP contribution in [0.15, 0.2) is 29.3 Å². The van der Waals surface area contributed by atoms with Crippen LogP contribution in [0.4, 0.5) is 0 Å². The Balaban J connectivity index is 2.02. The predicted molar refractivity (Wildman–Crippen MR) is 106 cm³/mol. The van der Waals surface area contributed by atoms with E-state index in [1.54, 1.807) is 7.11 Å². The molecule has 1 atom stereocenters. The van der Waals surface area contributed by atoms with E-state index in [4.69, 9.17) is 9.47 Å². The first-order valence-electron chi connectivity index (χ1n) is 8.67. The van der Waals surface area contributed by atoms with Gasteiger partial charge in [0.25, 0.3) is 0 Å². The summed E-state index contributed by atoms with van der Waals surface area (Å²) in [6.45, 7) is 5.16. The summed E-state index contributed by atoms with van der Waals surface area (Å²) in [5, 5.41) is 6.82. The summed E-state index contributed by atoms with van der Waals surface area (Å²) in [4.78, 5) is 6.79. The first-order valence-corrected chi connectivity index (χ1v) is 10.1. The van der Waals surface area contributed by atoms with E-state index in [2.05, 4.69) is 38.9 Å². The molecule has 1 heterocycles. The third-order valence-electron chi connectivity index (χ3n) is 4.27. The van der Waals surface area contributed by atoms with Gasteiger partial charge in [0.05, 0.1) is 26.4 Å². The Labute approximate surface area is 155 Å². The van der Waals surface area contributed by atoms with Gasteiger partial charge in [-0.05, 0) is 24.0 Å². The molecule has 0 aliphatic carbocycles. The number of nitrogens with one attached hydrogen (secondary N) is 2. The molecule has 0 radical (unpaired) electrons. The summed E-state index contributed by atoms with van der Waals surface area (Å²) in [6.07, 6.45) is 2.11. The van der Waals surface area contributed by atoms with Crippen LogP contribution < -0.4 is 15.4 Å². The molecule has 0 amide bonds. The fourth-order valence-electron chi connectivity index (χ4n) is 2.86. The van der Waals surface area contributed by atoms with Gasteiger partial charge in [-0.1, -0.05) is 12.1 Å². The number of morpholine rings is 1. The first kappa shape index (κ1) is 19.9. The van der Waals surface area contributed by atoms with Crippen molar-refractivity contribution < 1.29 is 9.47 Å². The van der Waals surface area contributed by atoms with Gasteiger partial charge in [0.15, 0.2) is 5.96 Å². The maximum Gasteiger partial charge on any atom is 0.191 e. The number of methoxy groups -OCH3 is 1. The van der Waals surface area contributed by atoms with E-state index >= 15 is 0 Å². The van der Waals surface area contributed by atoms with Crippen LogP contribution in [-0.4, -0.2) is 76.4 Å². The van der Waals surface area contributed by atoms with Crippen molar-refractivity contribution >= 4 is 17.7 Å². The van der Waals surface area contributed by atoms with Crippen molar-refractivity contribution in [2.75, 3.05) is 65.6 Å². The lowest BCUT2D eigenvalue weighted by atomic mass is 10.0. The Kier molecular flexibility index (Phi) is 8.93. The highest BCUT2D eigenvalue weighted by molar-refractivity contribution is 7.98. The minimum absolute atomic E-state index is 0.272. The summed E-state index contributed by atoms with van der Waals surface area (Å²) in [5.41, 5.74) is 1.27. The van der Waals surface area contributed by atoms with Gasteiger partial charge in [0, 0.05) is 39.0 Å². The molecule has 1 aromatic rings. The number of hydrogen-bond donors (Lipinski definition) is 2. The normalized spacial score (nSPS) is 17.2. The fraction of sp³-hybridized carbons (Fsp3) is 0.611. The van der Waals surface area contributed by atoms with Crippen molar-refractivity contribution in [2.45, 2.75) is 6.04 Å².